The second-order valence-electron chi connectivity index (χ2n) is 5.21. The second kappa shape index (κ2) is 7.71. The minimum absolute atomic E-state index is 0.419. The molecule has 0 saturated carbocycles. The Bertz CT molecular complexity index is 627. The summed E-state index contributed by atoms with van der Waals surface area (Å²) in [5, 5.41) is 6.05. The molecule has 0 saturated heterocycles. The van der Waals surface area contributed by atoms with Gasteiger partial charge in [0.1, 0.15) is 5.75 Å². The monoisotopic (exact) mass is 281 g/mol. The molecule has 1 N–H and O–H groups in total. The zero-order valence-electron chi connectivity index (χ0n) is 12.9. The molecule has 2 nitrogen and oxygen atoms in total. The van der Waals surface area contributed by atoms with Gasteiger partial charge >= 0.3 is 0 Å². The fourth-order valence-electron chi connectivity index (χ4n) is 2.71. The van der Waals surface area contributed by atoms with Crippen LogP contribution in [-0.2, 0) is 6.42 Å². The summed E-state index contributed by atoms with van der Waals surface area (Å²) >= 11 is 0. The van der Waals surface area contributed by atoms with E-state index < -0.39 is 0 Å². The van der Waals surface area contributed by atoms with Crippen molar-refractivity contribution in [1.29, 1.82) is 0 Å². The summed E-state index contributed by atoms with van der Waals surface area (Å²) in [6.45, 7) is 3.10. The van der Waals surface area contributed by atoms with Crippen LogP contribution >= 0.6 is 0 Å². The van der Waals surface area contributed by atoms with Crippen LogP contribution in [0.1, 0.15) is 25.3 Å². The van der Waals surface area contributed by atoms with Gasteiger partial charge in [-0.1, -0.05) is 31.2 Å². The number of terminal acetylenes is 1. The van der Waals surface area contributed by atoms with Gasteiger partial charge in [0, 0.05) is 12.5 Å². The molecular weight excluding hydrogens is 258 g/mol. The van der Waals surface area contributed by atoms with Gasteiger partial charge < -0.3 is 10.1 Å². The zero-order valence-corrected chi connectivity index (χ0v) is 12.9. The van der Waals surface area contributed by atoms with Crippen LogP contribution in [0.5, 0.6) is 5.75 Å². The smallest absolute Gasteiger partial charge is 0.119 e. The third-order valence-corrected chi connectivity index (χ3v) is 3.78. The van der Waals surface area contributed by atoms with E-state index in [2.05, 4.69) is 48.5 Å². The predicted molar refractivity (Wildman–Crippen MR) is 89.7 cm³/mol. The Morgan fingerprint density at radius 1 is 1.29 bits per heavy atom. The van der Waals surface area contributed by atoms with Crippen LogP contribution in [0, 0.1) is 12.3 Å². The fourth-order valence-corrected chi connectivity index (χ4v) is 2.71. The zero-order chi connectivity index (χ0) is 15.1. The van der Waals surface area contributed by atoms with Crippen LogP contribution in [0.4, 0.5) is 0 Å². The highest BCUT2D eigenvalue weighted by atomic mass is 16.5. The van der Waals surface area contributed by atoms with E-state index >= 15 is 0 Å². The fraction of sp³-hybridized carbons (Fsp3) is 0.368. The van der Waals surface area contributed by atoms with E-state index in [9.17, 15) is 0 Å². The van der Waals surface area contributed by atoms with Crippen molar-refractivity contribution in [2.24, 2.45) is 0 Å². The average Bonchev–Trinajstić information content (AvgIpc) is 2.52. The SMILES string of the molecule is C#CCCC(Cc1cccc2ccc(OC)cc12)NCC. The van der Waals surface area contributed by atoms with Crippen LogP contribution in [-0.4, -0.2) is 19.7 Å². The third kappa shape index (κ3) is 4.00. The molecule has 2 heteroatoms. The highest BCUT2D eigenvalue weighted by Gasteiger charge is 2.10. The van der Waals surface area contributed by atoms with Crippen LogP contribution in [0.3, 0.4) is 0 Å². The molecule has 0 aliphatic carbocycles. The normalized spacial score (nSPS) is 12.0. The summed E-state index contributed by atoms with van der Waals surface area (Å²) in [5.74, 6) is 3.64. The maximum atomic E-state index is 5.40. The van der Waals surface area contributed by atoms with E-state index in [1.807, 2.05) is 6.07 Å². The van der Waals surface area contributed by atoms with Crippen LogP contribution < -0.4 is 10.1 Å². The molecule has 110 valence electrons. The highest BCUT2D eigenvalue weighted by molar-refractivity contribution is 5.87. The number of hydrogen-bond donors (Lipinski definition) is 1. The lowest BCUT2D eigenvalue weighted by Crippen LogP contribution is -2.30. The van der Waals surface area contributed by atoms with E-state index in [0.717, 1.165) is 31.6 Å². The molecule has 2 aromatic carbocycles. The Balaban J connectivity index is 2.29. The summed E-state index contributed by atoms with van der Waals surface area (Å²) in [5.41, 5.74) is 1.34. The molecule has 0 radical (unpaired) electrons. The summed E-state index contributed by atoms with van der Waals surface area (Å²) in [4.78, 5) is 0. The lowest BCUT2D eigenvalue weighted by molar-refractivity contribution is 0.415. The first-order valence-corrected chi connectivity index (χ1v) is 7.51. The number of methoxy groups -OCH3 is 1. The van der Waals surface area contributed by atoms with E-state index in [-0.39, 0.29) is 0 Å². The van der Waals surface area contributed by atoms with Crippen LogP contribution in [0.15, 0.2) is 36.4 Å². The number of nitrogens with one attached hydrogen (secondary N) is 1. The van der Waals surface area contributed by atoms with E-state index in [1.54, 1.807) is 7.11 Å². The number of benzene rings is 2. The Kier molecular flexibility index (Phi) is 5.66. The number of rotatable bonds is 7. The molecule has 0 aliphatic rings. The largest absolute Gasteiger partial charge is 0.497 e. The predicted octanol–water partition coefficient (Wildman–Crippen LogP) is 3.78. The maximum Gasteiger partial charge on any atom is 0.119 e. The molecule has 2 rings (SSSR count). The van der Waals surface area contributed by atoms with Gasteiger partial charge in [-0.05, 0) is 47.9 Å². The Labute approximate surface area is 127 Å². The van der Waals surface area contributed by atoms with Crippen molar-refractivity contribution in [2.45, 2.75) is 32.2 Å². The molecule has 2 aromatic rings. The first-order valence-electron chi connectivity index (χ1n) is 7.51. The molecule has 0 heterocycles. The van der Waals surface area contributed by atoms with Gasteiger partial charge in [0.25, 0.3) is 0 Å². The molecule has 1 atom stereocenters. The number of fused-ring (bicyclic) bond motifs is 1. The number of likely N-dealkylation sites (N-methyl/N-ethyl adjacent to an activating group) is 1. The quantitative estimate of drug-likeness (QED) is 0.780. The van der Waals surface area contributed by atoms with Crippen molar-refractivity contribution < 1.29 is 4.74 Å². The van der Waals surface area contributed by atoms with Crippen molar-refractivity contribution in [3.63, 3.8) is 0 Å². The van der Waals surface area contributed by atoms with Crippen LogP contribution in [0.25, 0.3) is 10.8 Å². The summed E-state index contributed by atoms with van der Waals surface area (Å²) < 4.78 is 5.35. The molecule has 1 unspecified atom stereocenters. The molecule has 0 amide bonds. The summed E-state index contributed by atoms with van der Waals surface area (Å²) in [6.07, 6.45) is 8.20. The molecule has 0 aromatic heterocycles. The van der Waals surface area contributed by atoms with Crippen molar-refractivity contribution >= 4 is 10.8 Å². The summed E-state index contributed by atoms with van der Waals surface area (Å²) in [6, 6.07) is 13.1. The number of ether oxygens (including phenoxy) is 1. The van der Waals surface area contributed by atoms with Crippen molar-refractivity contribution in [3.8, 4) is 18.1 Å². The Morgan fingerprint density at radius 3 is 2.86 bits per heavy atom. The maximum absolute atomic E-state index is 5.40. The van der Waals surface area contributed by atoms with Crippen molar-refractivity contribution in [1.82, 2.24) is 5.32 Å². The first-order chi connectivity index (χ1) is 10.3. The molecular formula is C19H23NO. The third-order valence-electron chi connectivity index (χ3n) is 3.78. The second-order valence-corrected chi connectivity index (χ2v) is 5.21. The molecule has 0 spiro atoms. The van der Waals surface area contributed by atoms with Gasteiger partial charge in [-0.2, -0.15) is 0 Å². The number of hydrogen-bond acceptors (Lipinski definition) is 2. The van der Waals surface area contributed by atoms with E-state index in [0.29, 0.717) is 6.04 Å². The molecule has 21 heavy (non-hydrogen) atoms. The minimum Gasteiger partial charge on any atom is -0.497 e. The lowest BCUT2D eigenvalue weighted by atomic mass is 9.96. The van der Waals surface area contributed by atoms with Crippen LogP contribution in [0.2, 0.25) is 0 Å². The average molecular weight is 281 g/mol. The molecule has 0 aliphatic heterocycles. The highest BCUT2D eigenvalue weighted by Crippen LogP contribution is 2.25. The van der Waals surface area contributed by atoms with E-state index in [1.165, 1.54) is 16.3 Å². The Morgan fingerprint density at radius 2 is 2.14 bits per heavy atom. The lowest BCUT2D eigenvalue weighted by Gasteiger charge is -2.18. The first kappa shape index (κ1) is 15.4. The van der Waals surface area contributed by atoms with Gasteiger partial charge in [-0.25, -0.2) is 0 Å². The molecule has 0 bridgehead atoms. The van der Waals surface area contributed by atoms with Gasteiger partial charge in [0.15, 0.2) is 0 Å². The Hall–Kier alpha value is -1.98. The topological polar surface area (TPSA) is 21.3 Å². The molecule has 0 fully saturated rings. The van der Waals surface area contributed by atoms with Crippen molar-refractivity contribution in [2.75, 3.05) is 13.7 Å². The minimum atomic E-state index is 0.419. The van der Waals surface area contributed by atoms with Gasteiger partial charge in [0.05, 0.1) is 7.11 Å². The van der Waals surface area contributed by atoms with E-state index in [4.69, 9.17) is 11.2 Å². The van der Waals surface area contributed by atoms with Gasteiger partial charge in [-0.3, -0.25) is 0 Å². The summed E-state index contributed by atoms with van der Waals surface area (Å²) in [7, 11) is 1.71. The standard InChI is InChI=1S/C19H23NO/c1-4-6-10-17(20-5-2)13-16-9-7-8-15-11-12-18(21-3)14-19(15)16/h1,7-9,11-12,14,17,20H,5-6,10,13H2,2-3H3. The van der Waals surface area contributed by atoms with Gasteiger partial charge in [0.2, 0.25) is 0 Å². The van der Waals surface area contributed by atoms with Crippen molar-refractivity contribution in [3.05, 3.63) is 42.0 Å². The van der Waals surface area contributed by atoms with Gasteiger partial charge in [-0.15, -0.1) is 12.3 Å².